The Balaban J connectivity index is 2.10. The molecule has 0 aromatic carbocycles. The van der Waals surface area contributed by atoms with Gasteiger partial charge in [-0.25, -0.2) is 0 Å². The summed E-state index contributed by atoms with van der Waals surface area (Å²) >= 11 is 0. The minimum absolute atomic E-state index is 0.0354. The highest BCUT2D eigenvalue weighted by molar-refractivity contribution is 5.94. The van der Waals surface area contributed by atoms with Gasteiger partial charge in [-0.3, -0.25) is 9.59 Å². The Morgan fingerprint density at radius 2 is 2.12 bits per heavy atom. The molecule has 1 fully saturated rings. The van der Waals surface area contributed by atoms with Crippen LogP contribution in [0, 0.1) is 18.3 Å². The Morgan fingerprint density at radius 1 is 1.50 bits per heavy atom. The molecule has 1 aromatic heterocycles. The smallest absolute Gasteiger partial charge is 0.271 e. The fourth-order valence-electron chi connectivity index (χ4n) is 1.81. The summed E-state index contributed by atoms with van der Waals surface area (Å²) in [5.41, 5.74) is 0.960. The number of aryl methyl sites for hydroxylation is 1. The van der Waals surface area contributed by atoms with Crippen LogP contribution in [0.25, 0.3) is 0 Å². The zero-order valence-corrected chi connectivity index (χ0v) is 9.76. The Kier molecular flexibility index (Phi) is 2.37. The molecule has 1 saturated carbocycles. The van der Waals surface area contributed by atoms with Crippen LogP contribution in [0.15, 0.2) is 16.9 Å². The monoisotopic (exact) mass is 220 g/mol. The molecule has 0 spiro atoms. The lowest BCUT2D eigenvalue weighted by Gasteiger charge is -2.05. The molecule has 4 heteroatoms. The first-order valence-corrected chi connectivity index (χ1v) is 5.41. The van der Waals surface area contributed by atoms with Gasteiger partial charge in [0.1, 0.15) is 5.69 Å². The zero-order chi connectivity index (χ0) is 11.9. The van der Waals surface area contributed by atoms with Crippen LogP contribution in [0.5, 0.6) is 0 Å². The minimum Gasteiger partial charge on any atom is -0.325 e. The van der Waals surface area contributed by atoms with E-state index in [1.54, 1.807) is 19.1 Å². The molecule has 0 unspecified atom stereocenters. The van der Waals surface area contributed by atoms with E-state index >= 15 is 0 Å². The Morgan fingerprint density at radius 3 is 2.62 bits per heavy atom. The predicted molar refractivity (Wildman–Crippen MR) is 62.3 cm³/mol. The average molecular weight is 220 g/mol. The molecule has 1 amide bonds. The van der Waals surface area contributed by atoms with E-state index in [1.165, 1.54) is 0 Å². The molecule has 16 heavy (non-hydrogen) atoms. The number of amides is 1. The molecule has 0 bridgehead atoms. The standard InChI is InChI=1S/C12H16N2O2/c1-7-4-5-9(11(16)13-7)14-10(15)8-6-12(8,2)3/h4-5,8H,6H2,1-3H3,(H,13,16)(H,14,15)/t8-/m1/s1. The van der Waals surface area contributed by atoms with E-state index in [1.807, 2.05) is 0 Å². The fraction of sp³-hybridized carbons (Fsp3) is 0.500. The zero-order valence-electron chi connectivity index (χ0n) is 9.76. The van der Waals surface area contributed by atoms with Crippen molar-refractivity contribution in [3.05, 3.63) is 28.2 Å². The molecule has 0 radical (unpaired) electrons. The van der Waals surface area contributed by atoms with E-state index in [-0.39, 0.29) is 22.8 Å². The van der Waals surface area contributed by atoms with Crippen molar-refractivity contribution in [2.45, 2.75) is 27.2 Å². The second-order valence-corrected chi connectivity index (χ2v) is 5.12. The van der Waals surface area contributed by atoms with Crippen LogP contribution >= 0.6 is 0 Å². The highest BCUT2D eigenvalue weighted by Gasteiger charge is 2.50. The van der Waals surface area contributed by atoms with Crippen molar-refractivity contribution in [1.29, 1.82) is 0 Å². The normalized spacial score (nSPS) is 21.6. The highest BCUT2D eigenvalue weighted by atomic mass is 16.2. The molecule has 1 atom stereocenters. The van der Waals surface area contributed by atoms with Gasteiger partial charge in [0, 0.05) is 11.6 Å². The second kappa shape index (κ2) is 3.47. The van der Waals surface area contributed by atoms with Gasteiger partial charge in [0.2, 0.25) is 5.91 Å². The van der Waals surface area contributed by atoms with Gasteiger partial charge < -0.3 is 10.3 Å². The number of nitrogens with one attached hydrogen (secondary N) is 2. The Bertz CT molecular complexity index is 488. The largest absolute Gasteiger partial charge is 0.325 e. The van der Waals surface area contributed by atoms with Gasteiger partial charge >= 0.3 is 0 Å². The molecular weight excluding hydrogens is 204 g/mol. The number of anilines is 1. The summed E-state index contributed by atoms with van der Waals surface area (Å²) in [4.78, 5) is 25.9. The molecule has 86 valence electrons. The van der Waals surface area contributed by atoms with E-state index < -0.39 is 0 Å². The van der Waals surface area contributed by atoms with Crippen LogP contribution in [0.1, 0.15) is 26.0 Å². The number of hydrogen-bond acceptors (Lipinski definition) is 2. The van der Waals surface area contributed by atoms with Crippen molar-refractivity contribution in [1.82, 2.24) is 4.98 Å². The summed E-state index contributed by atoms with van der Waals surface area (Å²) in [5, 5.41) is 2.67. The van der Waals surface area contributed by atoms with Gasteiger partial charge in [-0.2, -0.15) is 0 Å². The molecular formula is C12H16N2O2. The van der Waals surface area contributed by atoms with Gasteiger partial charge in [-0.15, -0.1) is 0 Å². The lowest BCUT2D eigenvalue weighted by atomic mass is 10.1. The lowest BCUT2D eigenvalue weighted by molar-refractivity contribution is -0.118. The predicted octanol–water partition coefficient (Wildman–Crippen LogP) is 1.67. The number of hydrogen-bond donors (Lipinski definition) is 2. The van der Waals surface area contributed by atoms with Crippen LogP contribution in [0.3, 0.4) is 0 Å². The molecule has 0 saturated heterocycles. The number of aromatic amines is 1. The van der Waals surface area contributed by atoms with Crippen LogP contribution in [-0.2, 0) is 4.79 Å². The number of aromatic nitrogens is 1. The molecule has 1 heterocycles. The summed E-state index contributed by atoms with van der Waals surface area (Å²) in [6.07, 6.45) is 0.891. The summed E-state index contributed by atoms with van der Waals surface area (Å²) in [5.74, 6) is -0.0208. The van der Waals surface area contributed by atoms with Gasteiger partial charge in [-0.1, -0.05) is 13.8 Å². The topological polar surface area (TPSA) is 62.0 Å². The average Bonchev–Trinajstić information content (AvgIpc) is 2.80. The maximum absolute atomic E-state index is 11.8. The van der Waals surface area contributed by atoms with Gasteiger partial charge in [0.05, 0.1) is 0 Å². The minimum atomic E-state index is -0.244. The van der Waals surface area contributed by atoms with Crippen molar-refractivity contribution in [2.75, 3.05) is 5.32 Å². The maximum atomic E-state index is 11.8. The summed E-state index contributed by atoms with van der Waals surface area (Å²) in [6, 6.07) is 3.41. The van der Waals surface area contributed by atoms with Crippen molar-refractivity contribution in [2.24, 2.45) is 11.3 Å². The number of H-pyrrole nitrogens is 1. The van der Waals surface area contributed by atoms with E-state index in [9.17, 15) is 9.59 Å². The van der Waals surface area contributed by atoms with E-state index in [4.69, 9.17) is 0 Å². The van der Waals surface area contributed by atoms with E-state index in [0.717, 1.165) is 12.1 Å². The fourth-order valence-corrected chi connectivity index (χ4v) is 1.81. The van der Waals surface area contributed by atoms with Crippen molar-refractivity contribution < 1.29 is 4.79 Å². The first-order chi connectivity index (χ1) is 7.40. The van der Waals surface area contributed by atoms with Crippen LogP contribution in [0.4, 0.5) is 5.69 Å². The molecule has 2 rings (SSSR count). The van der Waals surface area contributed by atoms with E-state index in [2.05, 4.69) is 24.1 Å². The Hall–Kier alpha value is -1.58. The first kappa shape index (κ1) is 10.9. The summed E-state index contributed by atoms with van der Waals surface area (Å²) in [7, 11) is 0. The first-order valence-electron chi connectivity index (χ1n) is 5.41. The van der Waals surface area contributed by atoms with Crippen molar-refractivity contribution >= 4 is 11.6 Å². The lowest BCUT2D eigenvalue weighted by Crippen LogP contribution is -2.22. The van der Waals surface area contributed by atoms with Crippen molar-refractivity contribution in [3.63, 3.8) is 0 Å². The quantitative estimate of drug-likeness (QED) is 0.796. The summed E-state index contributed by atoms with van der Waals surface area (Å²) in [6.45, 7) is 5.91. The van der Waals surface area contributed by atoms with Gasteiger partial charge in [0.15, 0.2) is 0 Å². The number of carbonyl (C=O) groups is 1. The Labute approximate surface area is 94.1 Å². The molecule has 0 aliphatic heterocycles. The summed E-state index contributed by atoms with van der Waals surface area (Å²) < 4.78 is 0. The SMILES string of the molecule is Cc1ccc(NC(=O)[C@H]2CC2(C)C)c(=O)[nH]1. The molecule has 4 nitrogen and oxygen atoms in total. The number of rotatable bonds is 2. The maximum Gasteiger partial charge on any atom is 0.271 e. The number of pyridine rings is 1. The second-order valence-electron chi connectivity index (χ2n) is 5.12. The third kappa shape index (κ3) is 2.01. The van der Waals surface area contributed by atoms with Gasteiger partial charge in [-0.05, 0) is 30.9 Å². The van der Waals surface area contributed by atoms with E-state index in [0.29, 0.717) is 5.69 Å². The van der Waals surface area contributed by atoms with Crippen LogP contribution in [-0.4, -0.2) is 10.9 Å². The number of carbonyl (C=O) groups excluding carboxylic acids is 1. The van der Waals surface area contributed by atoms with Crippen LogP contribution < -0.4 is 10.9 Å². The third-order valence-corrected chi connectivity index (χ3v) is 3.14. The molecule has 1 aromatic rings. The van der Waals surface area contributed by atoms with Crippen LogP contribution in [0.2, 0.25) is 0 Å². The van der Waals surface area contributed by atoms with Crippen molar-refractivity contribution in [3.8, 4) is 0 Å². The van der Waals surface area contributed by atoms with Gasteiger partial charge in [0.25, 0.3) is 5.56 Å². The molecule has 1 aliphatic carbocycles. The third-order valence-electron chi connectivity index (χ3n) is 3.14. The highest BCUT2D eigenvalue weighted by Crippen LogP contribution is 2.51. The molecule has 2 N–H and O–H groups in total. The molecule has 1 aliphatic rings.